The second-order valence-electron chi connectivity index (χ2n) is 6.30. The van der Waals surface area contributed by atoms with Crippen molar-refractivity contribution < 1.29 is 9.47 Å². The van der Waals surface area contributed by atoms with Crippen LogP contribution in [0, 0.1) is 0 Å². The summed E-state index contributed by atoms with van der Waals surface area (Å²) < 4.78 is 10.9. The highest BCUT2D eigenvalue weighted by atomic mass is 16.7. The molecular weight excluding hydrogens is 318 g/mol. The highest BCUT2D eigenvalue weighted by molar-refractivity contribution is 5.45. The Morgan fingerprint density at radius 1 is 1.08 bits per heavy atom. The molecular formula is C18H23N5O2. The zero-order valence-corrected chi connectivity index (χ0v) is 14.6. The number of rotatable bonds is 4. The van der Waals surface area contributed by atoms with Gasteiger partial charge >= 0.3 is 0 Å². The van der Waals surface area contributed by atoms with E-state index < -0.39 is 0 Å². The van der Waals surface area contributed by atoms with E-state index in [-0.39, 0.29) is 0 Å². The lowest BCUT2D eigenvalue weighted by Crippen LogP contribution is -2.47. The Kier molecular flexibility index (Phi) is 4.31. The third-order valence-corrected chi connectivity index (χ3v) is 4.92. The molecule has 132 valence electrons. The number of anilines is 2. The summed E-state index contributed by atoms with van der Waals surface area (Å²) in [5.74, 6) is 3.32. The van der Waals surface area contributed by atoms with Gasteiger partial charge in [0.05, 0.1) is 0 Å². The van der Waals surface area contributed by atoms with Crippen molar-refractivity contribution in [2.45, 2.75) is 13.0 Å². The number of benzene rings is 1. The standard InChI is InChI=1S/C18H23N5O2/c1-13(14-3-4-15-16(11-14)25-12-24-15)22-7-9-23(10-8-22)18-20-6-5-17(19-2)21-18/h3-6,11,13H,7-10,12H2,1-2H3,(H,19,20,21). The molecule has 2 aliphatic heterocycles. The van der Waals surface area contributed by atoms with Gasteiger partial charge in [-0.1, -0.05) is 6.07 Å². The van der Waals surface area contributed by atoms with Gasteiger partial charge in [-0.2, -0.15) is 4.98 Å². The third-order valence-electron chi connectivity index (χ3n) is 4.92. The minimum Gasteiger partial charge on any atom is -0.454 e. The lowest BCUT2D eigenvalue weighted by Gasteiger charge is -2.38. The maximum absolute atomic E-state index is 5.50. The van der Waals surface area contributed by atoms with Crippen molar-refractivity contribution in [2.75, 3.05) is 50.2 Å². The Balaban J connectivity index is 1.41. The second kappa shape index (κ2) is 6.76. The molecule has 1 aromatic heterocycles. The van der Waals surface area contributed by atoms with E-state index in [1.807, 2.05) is 19.2 Å². The number of piperazine rings is 1. The molecule has 0 spiro atoms. The van der Waals surface area contributed by atoms with Gasteiger partial charge in [0.15, 0.2) is 11.5 Å². The lowest BCUT2D eigenvalue weighted by molar-refractivity contribution is 0.173. The molecule has 0 radical (unpaired) electrons. The van der Waals surface area contributed by atoms with Crippen LogP contribution >= 0.6 is 0 Å². The van der Waals surface area contributed by atoms with E-state index in [1.165, 1.54) is 5.56 Å². The van der Waals surface area contributed by atoms with Gasteiger partial charge in [0.2, 0.25) is 12.7 Å². The third kappa shape index (κ3) is 3.19. The molecule has 1 unspecified atom stereocenters. The molecule has 0 aliphatic carbocycles. The van der Waals surface area contributed by atoms with Crippen molar-refractivity contribution in [3.8, 4) is 11.5 Å². The molecule has 1 saturated heterocycles. The van der Waals surface area contributed by atoms with Crippen LogP contribution in [0.3, 0.4) is 0 Å². The Morgan fingerprint density at radius 2 is 1.88 bits per heavy atom. The molecule has 0 amide bonds. The summed E-state index contributed by atoms with van der Waals surface area (Å²) in [5, 5.41) is 3.07. The highest BCUT2D eigenvalue weighted by Gasteiger charge is 2.25. The van der Waals surface area contributed by atoms with Gasteiger partial charge < -0.3 is 19.7 Å². The summed E-state index contributed by atoms with van der Waals surface area (Å²) in [4.78, 5) is 13.7. The summed E-state index contributed by atoms with van der Waals surface area (Å²) >= 11 is 0. The first-order chi connectivity index (χ1) is 12.2. The Bertz CT molecular complexity index is 746. The molecule has 3 heterocycles. The van der Waals surface area contributed by atoms with Crippen molar-refractivity contribution in [3.63, 3.8) is 0 Å². The van der Waals surface area contributed by atoms with Crippen LogP contribution in [0.1, 0.15) is 18.5 Å². The molecule has 1 N–H and O–H groups in total. The maximum atomic E-state index is 5.50. The molecule has 2 aliphatic rings. The number of aromatic nitrogens is 2. The van der Waals surface area contributed by atoms with Crippen LogP contribution in [0.25, 0.3) is 0 Å². The topological polar surface area (TPSA) is 62.8 Å². The van der Waals surface area contributed by atoms with Crippen LogP contribution in [0.2, 0.25) is 0 Å². The van der Waals surface area contributed by atoms with Crippen molar-refractivity contribution in [1.82, 2.24) is 14.9 Å². The van der Waals surface area contributed by atoms with E-state index in [2.05, 4.69) is 44.1 Å². The van der Waals surface area contributed by atoms with E-state index in [0.717, 1.165) is 49.4 Å². The van der Waals surface area contributed by atoms with Crippen molar-refractivity contribution in [1.29, 1.82) is 0 Å². The fraction of sp³-hybridized carbons (Fsp3) is 0.444. The van der Waals surface area contributed by atoms with Gasteiger partial charge in [-0.25, -0.2) is 4.98 Å². The van der Waals surface area contributed by atoms with Crippen molar-refractivity contribution in [2.24, 2.45) is 0 Å². The average Bonchev–Trinajstić information content (AvgIpc) is 3.15. The number of hydrogen-bond donors (Lipinski definition) is 1. The minimum atomic E-state index is 0.317. The first kappa shape index (κ1) is 16.0. The average molecular weight is 341 g/mol. The molecule has 1 fully saturated rings. The normalized spacial score (nSPS) is 18.2. The van der Waals surface area contributed by atoms with Crippen LogP contribution in [0.4, 0.5) is 11.8 Å². The summed E-state index contributed by atoms with van der Waals surface area (Å²) in [5.41, 5.74) is 1.26. The Morgan fingerprint density at radius 3 is 2.68 bits per heavy atom. The maximum Gasteiger partial charge on any atom is 0.231 e. The predicted octanol–water partition coefficient (Wildman–Crippen LogP) is 2.13. The molecule has 4 rings (SSSR count). The van der Waals surface area contributed by atoms with Crippen molar-refractivity contribution >= 4 is 11.8 Å². The van der Waals surface area contributed by atoms with Crippen LogP contribution in [0.15, 0.2) is 30.5 Å². The highest BCUT2D eigenvalue weighted by Crippen LogP contribution is 2.35. The van der Waals surface area contributed by atoms with Crippen LogP contribution in [-0.2, 0) is 0 Å². The number of hydrogen-bond acceptors (Lipinski definition) is 7. The molecule has 7 nitrogen and oxygen atoms in total. The van der Waals surface area contributed by atoms with E-state index in [0.29, 0.717) is 12.8 Å². The van der Waals surface area contributed by atoms with Gasteiger partial charge in [-0.05, 0) is 30.7 Å². The van der Waals surface area contributed by atoms with Gasteiger partial charge in [0.1, 0.15) is 5.82 Å². The molecule has 0 bridgehead atoms. The molecule has 2 aromatic rings. The lowest BCUT2D eigenvalue weighted by atomic mass is 10.1. The molecule has 0 saturated carbocycles. The van der Waals surface area contributed by atoms with Crippen LogP contribution in [0.5, 0.6) is 11.5 Å². The molecule has 7 heteroatoms. The van der Waals surface area contributed by atoms with E-state index >= 15 is 0 Å². The second-order valence-corrected chi connectivity index (χ2v) is 6.30. The van der Waals surface area contributed by atoms with Crippen molar-refractivity contribution in [3.05, 3.63) is 36.0 Å². The number of ether oxygens (including phenoxy) is 2. The minimum absolute atomic E-state index is 0.317. The number of fused-ring (bicyclic) bond motifs is 1. The number of nitrogens with one attached hydrogen (secondary N) is 1. The summed E-state index contributed by atoms with van der Waals surface area (Å²) in [7, 11) is 1.87. The van der Waals surface area contributed by atoms with Gasteiger partial charge in [-0.15, -0.1) is 0 Å². The first-order valence-electron chi connectivity index (χ1n) is 8.64. The predicted molar refractivity (Wildman–Crippen MR) is 96.3 cm³/mol. The molecule has 1 aromatic carbocycles. The zero-order chi connectivity index (χ0) is 17.2. The monoisotopic (exact) mass is 341 g/mol. The van der Waals surface area contributed by atoms with Gasteiger partial charge in [0, 0.05) is 45.5 Å². The van der Waals surface area contributed by atoms with E-state index in [4.69, 9.17) is 9.47 Å². The fourth-order valence-corrected chi connectivity index (χ4v) is 3.33. The smallest absolute Gasteiger partial charge is 0.231 e. The van der Waals surface area contributed by atoms with Gasteiger partial charge in [0.25, 0.3) is 0 Å². The molecule has 25 heavy (non-hydrogen) atoms. The summed E-state index contributed by atoms with van der Waals surface area (Å²) in [6, 6.07) is 8.44. The van der Waals surface area contributed by atoms with E-state index in [9.17, 15) is 0 Å². The Labute approximate surface area is 147 Å². The van der Waals surface area contributed by atoms with Crippen LogP contribution in [-0.4, -0.2) is 54.9 Å². The zero-order valence-electron chi connectivity index (χ0n) is 14.6. The first-order valence-corrected chi connectivity index (χ1v) is 8.64. The molecule has 1 atom stereocenters. The quantitative estimate of drug-likeness (QED) is 0.914. The fourth-order valence-electron chi connectivity index (χ4n) is 3.33. The van der Waals surface area contributed by atoms with Gasteiger partial charge in [-0.3, -0.25) is 4.90 Å². The summed E-state index contributed by atoms with van der Waals surface area (Å²) in [6.45, 7) is 6.35. The summed E-state index contributed by atoms with van der Waals surface area (Å²) in [6.07, 6.45) is 1.80. The Hall–Kier alpha value is -2.54. The number of nitrogens with zero attached hydrogens (tertiary/aromatic N) is 4. The SMILES string of the molecule is CNc1ccnc(N2CCN(C(C)c3ccc4c(c3)OCO4)CC2)n1. The largest absolute Gasteiger partial charge is 0.454 e. The van der Waals surface area contributed by atoms with E-state index in [1.54, 1.807) is 6.20 Å². The van der Waals surface area contributed by atoms with Crippen LogP contribution < -0.4 is 19.7 Å².